The zero-order valence-electron chi connectivity index (χ0n) is 16.0. The summed E-state index contributed by atoms with van der Waals surface area (Å²) in [6, 6.07) is 13.6. The van der Waals surface area contributed by atoms with Crippen molar-refractivity contribution in [3.8, 4) is 11.3 Å². The molecular formula is C20H19Cl2N3O3S2. The molecule has 1 amide bonds. The van der Waals surface area contributed by atoms with Crippen LogP contribution in [0.15, 0.2) is 53.4 Å². The highest BCUT2D eigenvalue weighted by atomic mass is 35.5. The molecule has 0 radical (unpaired) electrons. The van der Waals surface area contributed by atoms with Crippen molar-refractivity contribution >= 4 is 50.5 Å². The molecule has 6 nitrogen and oxygen atoms in total. The summed E-state index contributed by atoms with van der Waals surface area (Å²) in [5.74, 6) is -0.280. The third-order valence-corrected chi connectivity index (χ3v) is 7.35. The molecule has 0 bridgehead atoms. The van der Waals surface area contributed by atoms with Crippen molar-refractivity contribution in [3.63, 3.8) is 0 Å². The van der Waals surface area contributed by atoms with Crippen molar-refractivity contribution in [2.45, 2.75) is 24.8 Å². The van der Waals surface area contributed by atoms with Gasteiger partial charge in [0.25, 0.3) is 0 Å². The molecule has 0 aliphatic carbocycles. The molecule has 0 aliphatic rings. The molecule has 1 heterocycles. The average molecular weight is 484 g/mol. The van der Waals surface area contributed by atoms with Crippen molar-refractivity contribution in [1.82, 2.24) is 15.0 Å². The number of thiazole rings is 1. The van der Waals surface area contributed by atoms with E-state index in [9.17, 15) is 13.2 Å². The summed E-state index contributed by atoms with van der Waals surface area (Å²) < 4.78 is 26.9. The number of halogens is 2. The van der Waals surface area contributed by atoms with E-state index >= 15 is 0 Å². The Bertz CT molecular complexity index is 1150. The third-order valence-electron chi connectivity index (χ3n) is 4.17. The van der Waals surface area contributed by atoms with Crippen LogP contribution in [0.3, 0.4) is 0 Å². The summed E-state index contributed by atoms with van der Waals surface area (Å²) in [6.07, 6.45) is -0.00190. The Morgan fingerprint density at radius 1 is 1.10 bits per heavy atom. The minimum Gasteiger partial charge on any atom is -0.350 e. The zero-order valence-corrected chi connectivity index (χ0v) is 19.1. The molecule has 30 heavy (non-hydrogen) atoms. The number of amides is 1. The van der Waals surface area contributed by atoms with E-state index in [1.807, 2.05) is 19.1 Å². The van der Waals surface area contributed by atoms with Gasteiger partial charge in [0, 0.05) is 28.4 Å². The lowest BCUT2D eigenvalue weighted by atomic mass is 10.1. The topological polar surface area (TPSA) is 88.2 Å². The number of aryl methyl sites for hydroxylation is 1. The summed E-state index contributed by atoms with van der Waals surface area (Å²) in [6.45, 7) is 2.21. The fourth-order valence-corrected chi connectivity index (χ4v) is 5.27. The Kier molecular flexibility index (Phi) is 7.49. The molecule has 0 saturated carbocycles. The Morgan fingerprint density at radius 3 is 2.50 bits per heavy atom. The highest BCUT2D eigenvalue weighted by molar-refractivity contribution is 7.89. The van der Waals surface area contributed by atoms with Gasteiger partial charge < -0.3 is 5.32 Å². The number of hydrogen-bond acceptors (Lipinski definition) is 5. The molecule has 3 aromatic rings. The van der Waals surface area contributed by atoms with Crippen LogP contribution >= 0.6 is 34.5 Å². The number of nitrogens with one attached hydrogen (secondary N) is 2. The van der Waals surface area contributed by atoms with Crippen LogP contribution in [0.1, 0.15) is 16.3 Å². The maximum atomic E-state index is 12.3. The minimum atomic E-state index is -3.77. The molecular weight excluding hydrogens is 465 g/mol. The van der Waals surface area contributed by atoms with Crippen molar-refractivity contribution in [1.29, 1.82) is 0 Å². The van der Waals surface area contributed by atoms with E-state index in [2.05, 4.69) is 15.0 Å². The molecule has 0 fully saturated rings. The number of benzene rings is 2. The lowest BCUT2D eigenvalue weighted by Gasteiger charge is -2.08. The number of hydrogen-bond donors (Lipinski definition) is 2. The van der Waals surface area contributed by atoms with Crippen LogP contribution in [0.5, 0.6) is 0 Å². The molecule has 2 N–H and O–H groups in total. The first-order valence-electron chi connectivity index (χ1n) is 8.99. The second-order valence-electron chi connectivity index (χ2n) is 6.37. The maximum absolute atomic E-state index is 12.3. The van der Waals surface area contributed by atoms with Crippen molar-refractivity contribution in [2.75, 3.05) is 6.54 Å². The zero-order chi connectivity index (χ0) is 21.7. The predicted molar refractivity (Wildman–Crippen MR) is 120 cm³/mol. The molecule has 158 valence electrons. The molecule has 10 heteroatoms. The lowest BCUT2D eigenvalue weighted by molar-refractivity contribution is -0.121. The van der Waals surface area contributed by atoms with Crippen LogP contribution in [0.2, 0.25) is 10.0 Å². The first kappa shape index (κ1) is 22.7. The molecule has 0 unspecified atom stereocenters. The van der Waals surface area contributed by atoms with Gasteiger partial charge in [0.05, 0.1) is 17.3 Å². The second-order valence-corrected chi connectivity index (χ2v) is 10.2. The van der Waals surface area contributed by atoms with Gasteiger partial charge in [-0.1, -0.05) is 47.5 Å². The van der Waals surface area contributed by atoms with Crippen LogP contribution in [0.25, 0.3) is 11.3 Å². The lowest BCUT2D eigenvalue weighted by Crippen LogP contribution is -2.30. The number of carbonyl (C=O) groups is 1. The van der Waals surface area contributed by atoms with Gasteiger partial charge in [0.2, 0.25) is 15.9 Å². The predicted octanol–water partition coefficient (Wildman–Crippen LogP) is 4.41. The fraction of sp³-hybridized carbons (Fsp3) is 0.200. The van der Waals surface area contributed by atoms with Gasteiger partial charge in [-0.25, -0.2) is 18.1 Å². The summed E-state index contributed by atoms with van der Waals surface area (Å²) in [5, 5.41) is 4.32. The highest BCUT2D eigenvalue weighted by Gasteiger charge is 2.17. The van der Waals surface area contributed by atoms with Gasteiger partial charge in [-0.2, -0.15) is 0 Å². The van der Waals surface area contributed by atoms with Gasteiger partial charge in [-0.15, -0.1) is 11.3 Å². The molecule has 3 rings (SSSR count). The molecule has 2 aromatic carbocycles. The van der Waals surface area contributed by atoms with Gasteiger partial charge in [-0.05, 0) is 31.2 Å². The Morgan fingerprint density at radius 2 is 1.80 bits per heavy atom. The van der Waals surface area contributed by atoms with Crippen LogP contribution < -0.4 is 10.0 Å². The van der Waals surface area contributed by atoms with Gasteiger partial charge in [-0.3, -0.25) is 4.79 Å². The minimum absolute atomic E-state index is 0.00190. The standard InChI is InChI=1S/C20H19Cl2N3O3S2/c1-13-20(14-6-8-15(21)9-7-14)25-19(29-13)12-23-18(26)10-11-24-30(27,28)17-5-3-2-4-16(17)22/h2-9,24H,10-12H2,1H3,(H,23,26). The van der Waals surface area contributed by atoms with Crippen LogP contribution in [-0.2, 0) is 21.4 Å². The molecule has 0 saturated heterocycles. The average Bonchev–Trinajstić information content (AvgIpc) is 3.07. The van der Waals surface area contributed by atoms with Crippen LogP contribution in [0, 0.1) is 6.92 Å². The van der Waals surface area contributed by atoms with E-state index in [1.165, 1.54) is 23.5 Å². The van der Waals surface area contributed by atoms with Crippen LogP contribution in [0.4, 0.5) is 0 Å². The fourth-order valence-electron chi connectivity index (χ4n) is 2.70. The number of rotatable bonds is 8. The number of aromatic nitrogens is 1. The summed E-state index contributed by atoms with van der Waals surface area (Å²) in [5.41, 5.74) is 1.81. The first-order valence-corrected chi connectivity index (χ1v) is 12.0. The van der Waals surface area contributed by atoms with Gasteiger partial charge >= 0.3 is 0 Å². The molecule has 0 aliphatic heterocycles. The van der Waals surface area contributed by atoms with Crippen LogP contribution in [-0.4, -0.2) is 25.9 Å². The van der Waals surface area contributed by atoms with E-state index in [4.69, 9.17) is 23.2 Å². The Hall–Kier alpha value is -1.97. The SMILES string of the molecule is Cc1sc(CNC(=O)CCNS(=O)(=O)c2ccccc2Cl)nc1-c1ccc(Cl)cc1. The van der Waals surface area contributed by atoms with E-state index < -0.39 is 10.0 Å². The van der Waals surface area contributed by atoms with Gasteiger partial charge in [0.15, 0.2) is 0 Å². The summed E-state index contributed by atoms with van der Waals surface area (Å²) >= 11 is 13.3. The van der Waals surface area contributed by atoms with Crippen molar-refractivity contribution in [2.24, 2.45) is 0 Å². The molecule has 0 spiro atoms. The normalized spacial score (nSPS) is 11.4. The number of carbonyl (C=O) groups excluding carboxylic acids is 1. The number of sulfonamides is 1. The Labute approximate surface area is 189 Å². The molecule has 1 aromatic heterocycles. The smallest absolute Gasteiger partial charge is 0.242 e. The van der Waals surface area contributed by atoms with E-state index in [0.29, 0.717) is 5.02 Å². The van der Waals surface area contributed by atoms with Gasteiger partial charge in [0.1, 0.15) is 9.90 Å². The largest absolute Gasteiger partial charge is 0.350 e. The second kappa shape index (κ2) is 9.89. The third kappa shape index (κ3) is 5.80. The van der Waals surface area contributed by atoms with E-state index in [0.717, 1.165) is 21.1 Å². The quantitative estimate of drug-likeness (QED) is 0.496. The first-order chi connectivity index (χ1) is 14.3. The molecule has 0 atom stereocenters. The highest BCUT2D eigenvalue weighted by Crippen LogP contribution is 2.28. The monoisotopic (exact) mass is 483 g/mol. The number of nitrogens with zero attached hydrogens (tertiary/aromatic N) is 1. The van der Waals surface area contributed by atoms with Crippen molar-refractivity contribution < 1.29 is 13.2 Å². The van der Waals surface area contributed by atoms with E-state index in [-0.39, 0.29) is 35.3 Å². The Balaban J connectivity index is 1.51. The summed E-state index contributed by atoms with van der Waals surface area (Å²) in [4.78, 5) is 17.7. The maximum Gasteiger partial charge on any atom is 0.242 e. The summed E-state index contributed by atoms with van der Waals surface area (Å²) in [7, 11) is -3.77. The van der Waals surface area contributed by atoms with E-state index in [1.54, 1.807) is 24.3 Å². The van der Waals surface area contributed by atoms with Crippen molar-refractivity contribution in [3.05, 3.63) is 68.5 Å².